The summed E-state index contributed by atoms with van der Waals surface area (Å²) in [7, 11) is 1.82. The lowest BCUT2D eigenvalue weighted by Gasteiger charge is -1.95. The molecule has 0 radical (unpaired) electrons. The van der Waals surface area contributed by atoms with Crippen LogP contribution in [0, 0.1) is 0 Å². The van der Waals surface area contributed by atoms with Crippen LogP contribution < -0.4 is 5.32 Å². The van der Waals surface area contributed by atoms with Crippen molar-refractivity contribution in [1.82, 2.24) is 20.4 Å². The van der Waals surface area contributed by atoms with Gasteiger partial charge < -0.3 is 5.32 Å². The Hall–Kier alpha value is -1.82. The van der Waals surface area contributed by atoms with Crippen molar-refractivity contribution in [2.45, 2.75) is 0 Å². The van der Waals surface area contributed by atoms with Gasteiger partial charge in [-0.1, -0.05) is 0 Å². The van der Waals surface area contributed by atoms with Crippen LogP contribution in [0.2, 0.25) is 0 Å². The molecule has 0 aliphatic carbocycles. The number of anilines is 1. The lowest BCUT2D eigenvalue weighted by Crippen LogP contribution is -1.95. The quantitative estimate of drug-likeness (QED) is 0.671. The molecule has 0 atom stereocenters. The highest BCUT2D eigenvalue weighted by Gasteiger charge is 2.11. The summed E-state index contributed by atoms with van der Waals surface area (Å²) >= 11 is 1.57. The number of hydrogen-bond donors (Lipinski definition) is 1. The molecule has 0 aromatic carbocycles. The van der Waals surface area contributed by atoms with E-state index in [1.165, 1.54) is 0 Å². The Labute approximate surface area is 89.2 Å². The second kappa shape index (κ2) is 3.09. The highest BCUT2D eigenvalue weighted by atomic mass is 32.1. The number of hydrogen-bond acceptors (Lipinski definition) is 6. The number of aromatic nitrogens is 4. The third-order valence-corrected chi connectivity index (χ3v) is 3.29. The Morgan fingerprint density at radius 1 is 1.33 bits per heavy atom. The summed E-state index contributed by atoms with van der Waals surface area (Å²) in [6, 6.07) is 3.89. The van der Waals surface area contributed by atoms with E-state index < -0.39 is 0 Å². The second-order valence-corrected chi connectivity index (χ2v) is 4.02. The molecule has 6 heteroatoms. The van der Waals surface area contributed by atoms with Crippen molar-refractivity contribution in [2.75, 3.05) is 12.4 Å². The molecule has 0 aliphatic heterocycles. The normalized spacial score (nSPS) is 11.0. The van der Waals surface area contributed by atoms with Gasteiger partial charge in [0.05, 0.1) is 0 Å². The van der Waals surface area contributed by atoms with Crippen LogP contribution in [0.1, 0.15) is 0 Å². The summed E-state index contributed by atoms with van der Waals surface area (Å²) in [5.41, 5.74) is 0.863. The molecule has 1 N–H and O–H groups in total. The summed E-state index contributed by atoms with van der Waals surface area (Å²) in [6.07, 6.45) is 1.78. The SMILES string of the molecule is CNc1nnnc2c1sc1ncccc12. The molecule has 0 aliphatic rings. The fourth-order valence-electron chi connectivity index (χ4n) is 1.50. The van der Waals surface area contributed by atoms with Crippen LogP contribution in [0.5, 0.6) is 0 Å². The third-order valence-electron chi connectivity index (χ3n) is 2.18. The van der Waals surface area contributed by atoms with Crippen molar-refractivity contribution < 1.29 is 0 Å². The van der Waals surface area contributed by atoms with Crippen molar-refractivity contribution in [3.63, 3.8) is 0 Å². The first-order chi connectivity index (χ1) is 7.40. The van der Waals surface area contributed by atoms with Gasteiger partial charge >= 0.3 is 0 Å². The smallest absolute Gasteiger partial charge is 0.169 e. The average Bonchev–Trinajstić information content (AvgIpc) is 2.67. The molecule has 0 spiro atoms. The fraction of sp³-hybridized carbons (Fsp3) is 0.111. The van der Waals surface area contributed by atoms with Crippen LogP contribution in [0.15, 0.2) is 18.3 Å². The van der Waals surface area contributed by atoms with Crippen LogP contribution in [0.3, 0.4) is 0 Å². The molecule has 3 rings (SSSR count). The molecule has 0 saturated carbocycles. The van der Waals surface area contributed by atoms with Crippen LogP contribution in [-0.2, 0) is 0 Å². The molecule has 3 aromatic heterocycles. The predicted octanol–water partition coefficient (Wildman–Crippen LogP) is 1.68. The zero-order valence-corrected chi connectivity index (χ0v) is 8.75. The lowest BCUT2D eigenvalue weighted by atomic mass is 10.3. The van der Waals surface area contributed by atoms with Gasteiger partial charge in [0, 0.05) is 18.6 Å². The Morgan fingerprint density at radius 2 is 2.27 bits per heavy atom. The maximum Gasteiger partial charge on any atom is 0.169 e. The van der Waals surface area contributed by atoms with E-state index in [9.17, 15) is 0 Å². The largest absolute Gasteiger partial charge is 0.370 e. The molecule has 0 saturated heterocycles. The summed E-state index contributed by atoms with van der Waals surface area (Å²) < 4.78 is 1.00. The summed E-state index contributed by atoms with van der Waals surface area (Å²) in [4.78, 5) is 5.25. The first-order valence-corrected chi connectivity index (χ1v) is 5.26. The van der Waals surface area contributed by atoms with Crippen LogP contribution in [0.25, 0.3) is 20.4 Å². The topological polar surface area (TPSA) is 63.6 Å². The fourth-order valence-corrected chi connectivity index (χ4v) is 2.57. The number of fused-ring (bicyclic) bond motifs is 3. The molecule has 15 heavy (non-hydrogen) atoms. The maximum absolute atomic E-state index is 4.29. The van der Waals surface area contributed by atoms with E-state index in [2.05, 4.69) is 25.7 Å². The Kier molecular flexibility index (Phi) is 1.75. The van der Waals surface area contributed by atoms with Gasteiger partial charge in [0.25, 0.3) is 0 Å². The molecule has 0 unspecified atom stereocenters. The predicted molar refractivity (Wildman–Crippen MR) is 60.1 cm³/mol. The summed E-state index contributed by atoms with van der Waals surface area (Å²) in [5.74, 6) is 0.753. The molecular formula is C9H7N5S. The standard InChI is InChI=1S/C9H7N5S/c1-10-8-7-6(12-14-13-8)5-3-2-4-11-9(5)15-7/h2-4H,1H3,(H,10,12,13). The van der Waals surface area contributed by atoms with E-state index in [1.54, 1.807) is 17.5 Å². The summed E-state index contributed by atoms with van der Waals surface area (Å²) in [6.45, 7) is 0. The van der Waals surface area contributed by atoms with Crippen LogP contribution in [0.4, 0.5) is 5.82 Å². The van der Waals surface area contributed by atoms with Crippen molar-refractivity contribution in [2.24, 2.45) is 0 Å². The highest BCUT2D eigenvalue weighted by molar-refractivity contribution is 7.25. The highest BCUT2D eigenvalue weighted by Crippen LogP contribution is 2.33. The molecule has 0 fully saturated rings. The van der Waals surface area contributed by atoms with Crippen LogP contribution >= 0.6 is 11.3 Å². The minimum absolute atomic E-state index is 0.753. The third kappa shape index (κ3) is 1.15. The van der Waals surface area contributed by atoms with Crippen molar-refractivity contribution in [3.8, 4) is 0 Å². The van der Waals surface area contributed by atoms with E-state index in [1.807, 2.05) is 19.2 Å². The number of thiophene rings is 1. The van der Waals surface area contributed by atoms with E-state index in [0.29, 0.717) is 0 Å². The second-order valence-electron chi connectivity index (χ2n) is 3.02. The van der Waals surface area contributed by atoms with E-state index in [-0.39, 0.29) is 0 Å². The van der Waals surface area contributed by atoms with E-state index >= 15 is 0 Å². The molecular weight excluding hydrogens is 210 g/mol. The molecule has 5 nitrogen and oxygen atoms in total. The zero-order chi connectivity index (χ0) is 10.3. The molecule has 0 bridgehead atoms. The molecule has 74 valence electrons. The number of pyridine rings is 1. The van der Waals surface area contributed by atoms with Crippen molar-refractivity contribution in [1.29, 1.82) is 0 Å². The van der Waals surface area contributed by atoms with Gasteiger partial charge in [-0.3, -0.25) is 0 Å². The van der Waals surface area contributed by atoms with E-state index in [0.717, 1.165) is 26.3 Å². The minimum Gasteiger partial charge on any atom is -0.370 e. The number of nitrogens with one attached hydrogen (secondary N) is 1. The molecule has 3 heterocycles. The monoisotopic (exact) mass is 217 g/mol. The summed E-state index contributed by atoms with van der Waals surface area (Å²) in [5, 5.41) is 15.7. The number of rotatable bonds is 1. The Bertz CT molecular complexity index is 633. The first kappa shape index (κ1) is 8.49. The number of nitrogens with zero attached hydrogens (tertiary/aromatic N) is 4. The van der Waals surface area contributed by atoms with Gasteiger partial charge in [-0.05, 0) is 17.3 Å². The Morgan fingerprint density at radius 3 is 3.13 bits per heavy atom. The van der Waals surface area contributed by atoms with Gasteiger partial charge in [0.15, 0.2) is 5.82 Å². The first-order valence-electron chi connectivity index (χ1n) is 4.44. The molecule has 3 aromatic rings. The lowest BCUT2D eigenvalue weighted by molar-refractivity contribution is 0.902. The van der Waals surface area contributed by atoms with Gasteiger partial charge in [-0.25, -0.2) is 4.98 Å². The van der Waals surface area contributed by atoms with Gasteiger partial charge in [0.2, 0.25) is 0 Å². The van der Waals surface area contributed by atoms with Crippen LogP contribution in [-0.4, -0.2) is 27.4 Å². The van der Waals surface area contributed by atoms with E-state index in [4.69, 9.17) is 0 Å². The van der Waals surface area contributed by atoms with Crippen molar-refractivity contribution >= 4 is 37.6 Å². The Balaban J connectivity index is 2.53. The van der Waals surface area contributed by atoms with Gasteiger partial charge in [0.1, 0.15) is 15.0 Å². The minimum atomic E-state index is 0.753. The zero-order valence-electron chi connectivity index (χ0n) is 7.93. The molecule has 0 amide bonds. The van der Waals surface area contributed by atoms with Gasteiger partial charge in [-0.15, -0.1) is 21.5 Å². The average molecular weight is 217 g/mol. The van der Waals surface area contributed by atoms with Crippen molar-refractivity contribution in [3.05, 3.63) is 18.3 Å². The van der Waals surface area contributed by atoms with Gasteiger partial charge in [-0.2, -0.15) is 0 Å². The maximum atomic E-state index is 4.29.